The zero-order chi connectivity index (χ0) is 10.2. The second-order valence-electron chi connectivity index (χ2n) is 2.24. The molecular weight excluding hydrogens is 292 g/mol. The van der Waals surface area contributed by atoms with Crippen molar-refractivity contribution < 1.29 is 13.2 Å². The Bertz CT molecular complexity index is 335. The van der Waals surface area contributed by atoms with Crippen LogP contribution in [0.3, 0.4) is 0 Å². The first kappa shape index (κ1) is 11.1. The summed E-state index contributed by atoms with van der Waals surface area (Å²) < 4.78 is 36.9. The fourth-order valence-electron chi connectivity index (χ4n) is 0.740. The van der Waals surface area contributed by atoms with Gasteiger partial charge in [-0.2, -0.15) is 13.2 Å². The van der Waals surface area contributed by atoms with Gasteiger partial charge in [0.25, 0.3) is 0 Å². The summed E-state index contributed by atoms with van der Waals surface area (Å²) >= 11 is 13.8. The highest BCUT2D eigenvalue weighted by atomic mass is 79.9. The average molecular weight is 294 g/mol. The minimum absolute atomic E-state index is 0.0169. The van der Waals surface area contributed by atoms with Crippen molar-refractivity contribution in [3.8, 4) is 0 Å². The van der Waals surface area contributed by atoms with Gasteiger partial charge in [-0.3, -0.25) is 0 Å². The number of rotatable bonds is 0. The minimum atomic E-state index is -4.47. The molecule has 0 fully saturated rings. The van der Waals surface area contributed by atoms with Gasteiger partial charge in [-0.1, -0.05) is 23.2 Å². The molecule has 0 N–H and O–H groups in total. The Kier molecular flexibility index (Phi) is 3.15. The predicted octanol–water partition coefficient (Wildman–Crippen LogP) is 4.77. The van der Waals surface area contributed by atoms with Crippen LogP contribution in [0.1, 0.15) is 5.56 Å². The van der Waals surface area contributed by atoms with E-state index in [0.717, 1.165) is 12.1 Å². The first-order chi connectivity index (χ1) is 5.82. The molecule has 1 aromatic rings. The van der Waals surface area contributed by atoms with Crippen molar-refractivity contribution in [2.75, 3.05) is 0 Å². The van der Waals surface area contributed by atoms with E-state index in [2.05, 4.69) is 15.9 Å². The van der Waals surface area contributed by atoms with Crippen LogP contribution in [0, 0.1) is 0 Å². The number of benzene rings is 1. The van der Waals surface area contributed by atoms with E-state index in [-0.39, 0.29) is 10.0 Å². The summed E-state index contributed by atoms with van der Waals surface area (Å²) in [5.41, 5.74) is -0.928. The number of halogens is 6. The lowest BCUT2D eigenvalue weighted by Gasteiger charge is -2.09. The molecular formula is C7H2BrCl2F3. The molecule has 0 aliphatic heterocycles. The van der Waals surface area contributed by atoms with Crippen molar-refractivity contribution in [1.82, 2.24) is 0 Å². The molecule has 0 saturated heterocycles. The maximum atomic E-state index is 12.2. The highest BCUT2D eigenvalue weighted by molar-refractivity contribution is 9.10. The lowest BCUT2D eigenvalue weighted by Crippen LogP contribution is -2.05. The van der Waals surface area contributed by atoms with Gasteiger partial charge in [0.1, 0.15) is 0 Å². The zero-order valence-electron chi connectivity index (χ0n) is 5.92. The van der Waals surface area contributed by atoms with Crippen LogP contribution < -0.4 is 0 Å². The molecule has 13 heavy (non-hydrogen) atoms. The van der Waals surface area contributed by atoms with Crippen molar-refractivity contribution >= 4 is 39.1 Å². The van der Waals surface area contributed by atoms with E-state index in [1.807, 2.05) is 0 Å². The fourth-order valence-corrected chi connectivity index (χ4v) is 1.65. The van der Waals surface area contributed by atoms with Gasteiger partial charge in [0.2, 0.25) is 0 Å². The fraction of sp³-hybridized carbons (Fsp3) is 0.143. The molecule has 1 rings (SSSR count). The lowest BCUT2D eigenvalue weighted by molar-refractivity contribution is -0.137. The third-order valence-electron chi connectivity index (χ3n) is 1.32. The summed E-state index contributed by atoms with van der Waals surface area (Å²) in [5, 5.41) is -0.388. The monoisotopic (exact) mass is 292 g/mol. The van der Waals surface area contributed by atoms with Crippen LogP contribution in [0.5, 0.6) is 0 Å². The van der Waals surface area contributed by atoms with E-state index in [1.54, 1.807) is 0 Å². The predicted molar refractivity (Wildman–Crippen MR) is 49.2 cm³/mol. The van der Waals surface area contributed by atoms with Crippen LogP contribution in [0.25, 0.3) is 0 Å². The molecule has 0 radical (unpaired) electrons. The quantitative estimate of drug-likeness (QED) is 0.604. The second kappa shape index (κ2) is 3.67. The Morgan fingerprint density at radius 3 is 2.08 bits per heavy atom. The normalized spacial score (nSPS) is 11.8. The summed E-state index contributed by atoms with van der Waals surface area (Å²) in [7, 11) is 0. The van der Waals surface area contributed by atoms with E-state index in [0.29, 0.717) is 4.47 Å². The first-order valence-corrected chi connectivity index (χ1v) is 4.59. The summed E-state index contributed by atoms with van der Waals surface area (Å²) in [6.45, 7) is 0. The maximum absolute atomic E-state index is 12.2. The molecule has 0 aliphatic rings. The third kappa shape index (κ3) is 2.51. The van der Waals surface area contributed by atoms with Crippen LogP contribution in [0.2, 0.25) is 10.0 Å². The SMILES string of the molecule is FC(F)(F)c1cc(Cl)c(Br)cc1Cl. The van der Waals surface area contributed by atoms with Crippen LogP contribution in [0.4, 0.5) is 13.2 Å². The Hall–Kier alpha value is 0.0700. The molecule has 0 bridgehead atoms. The lowest BCUT2D eigenvalue weighted by atomic mass is 10.2. The molecule has 0 spiro atoms. The molecule has 0 saturated carbocycles. The number of hydrogen-bond acceptors (Lipinski definition) is 0. The molecule has 0 aromatic heterocycles. The summed E-state index contributed by atoms with van der Waals surface area (Å²) in [6, 6.07) is 1.90. The van der Waals surface area contributed by atoms with Gasteiger partial charge < -0.3 is 0 Å². The average Bonchev–Trinajstić information content (AvgIpc) is 1.94. The standard InChI is InChI=1S/C7H2BrCl2F3/c8-4-2-5(9)3(1-6(4)10)7(11,12)13/h1-2H. The highest BCUT2D eigenvalue weighted by Crippen LogP contribution is 2.38. The van der Waals surface area contributed by atoms with E-state index >= 15 is 0 Å². The van der Waals surface area contributed by atoms with E-state index < -0.39 is 11.7 Å². The van der Waals surface area contributed by atoms with Crippen LogP contribution in [-0.2, 0) is 6.18 Å². The van der Waals surface area contributed by atoms with Gasteiger partial charge in [-0.05, 0) is 28.1 Å². The van der Waals surface area contributed by atoms with Crippen molar-refractivity contribution in [2.45, 2.75) is 6.18 Å². The largest absolute Gasteiger partial charge is 0.417 e. The highest BCUT2D eigenvalue weighted by Gasteiger charge is 2.33. The van der Waals surface area contributed by atoms with Crippen molar-refractivity contribution in [3.63, 3.8) is 0 Å². The smallest absolute Gasteiger partial charge is 0.166 e. The minimum Gasteiger partial charge on any atom is -0.166 e. The second-order valence-corrected chi connectivity index (χ2v) is 3.91. The molecule has 72 valence electrons. The molecule has 0 unspecified atom stereocenters. The first-order valence-electron chi connectivity index (χ1n) is 3.04. The van der Waals surface area contributed by atoms with Gasteiger partial charge in [0, 0.05) is 4.47 Å². The molecule has 0 atom stereocenters. The van der Waals surface area contributed by atoms with Crippen LogP contribution in [0.15, 0.2) is 16.6 Å². The Morgan fingerprint density at radius 1 is 1.08 bits per heavy atom. The Labute approximate surface area is 90.8 Å². The van der Waals surface area contributed by atoms with Crippen molar-refractivity contribution in [1.29, 1.82) is 0 Å². The number of alkyl halides is 3. The summed E-state index contributed by atoms with van der Waals surface area (Å²) in [5.74, 6) is 0. The third-order valence-corrected chi connectivity index (χ3v) is 2.83. The molecule has 0 amide bonds. The van der Waals surface area contributed by atoms with E-state index in [4.69, 9.17) is 23.2 Å². The zero-order valence-corrected chi connectivity index (χ0v) is 9.02. The van der Waals surface area contributed by atoms with E-state index in [9.17, 15) is 13.2 Å². The Morgan fingerprint density at radius 2 is 1.62 bits per heavy atom. The summed E-state index contributed by atoms with van der Waals surface area (Å²) in [6.07, 6.45) is -4.47. The maximum Gasteiger partial charge on any atom is 0.417 e. The van der Waals surface area contributed by atoms with Gasteiger partial charge in [-0.25, -0.2) is 0 Å². The van der Waals surface area contributed by atoms with Gasteiger partial charge in [0.15, 0.2) is 0 Å². The summed E-state index contributed by atoms with van der Waals surface area (Å²) in [4.78, 5) is 0. The Balaban J connectivity index is 3.32. The van der Waals surface area contributed by atoms with Crippen molar-refractivity contribution in [3.05, 3.63) is 32.2 Å². The molecule has 6 heteroatoms. The van der Waals surface area contributed by atoms with Gasteiger partial charge >= 0.3 is 6.18 Å². The van der Waals surface area contributed by atoms with Gasteiger partial charge in [-0.15, -0.1) is 0 Å². The van der Waals surface area contributed by atoms with Gasteiger partial charge in [0.05, 0.1) is 15.6 Å². The van der Waals surface area contributed by atoms with E-state index in [1.165, 1.54) is 0 Å². The molecule has 0 nitrogen and oxygen atoms in total. The van der Waals surface area contributed by atoms with Crippen LogP contribution in [-0.4, -0.2) is 0 Å². The molecule has 0 heterocycles. The topological polar surface area (TPSA) is 0 Å². The van der Waals surface area contributed by atoms with Crippen LogP contribution >= 0.6 is 39.1 Å². The number of hydrogen-bond donors (Lipinski definition) is 0. The van der Waals surface area contributed by atoms with Crippen molar-refractivity contribution in [2.24, 2.45) is 0 Å². The molecule has 0 aliphatic carbocycles. The molecule has 1 aromatic carbocycles.